The zero-order valence-corrected chi connectivity index (χ0v) is 21.8. The van der Waals surface area contributed by atoms with Crippen LogP contribution in [0, 0.1) is 12.3 Å². The lowest BCUT2D eigenvalue weighted by Gasteiger charge is -2.42. The van der Waals surface area contributed by atoms with Crippen molar-refractivity contribution in [2.45, 2.75) is 37.0 Å². The number of aryl methyl sites for hydroxylation is 1. The van der Waals surface area contributed by atoms with Crippen molar-refractivity contribution in [3.8, 4) is 0 Å². The van der Waals surface area contributed by atoms with Crippen LogP contribution in [-0.2, 0) is 4.79 Å². The number of carbonyl (C=O) groups is 1. The molecule has 0 radical (unpaired) electrons. The predicted octanol–water partition coefficient (Wildman–Crippen LogP) is 7.93. The number of halogens is 1. The molecule has 0 bridgehead atoms. The van der Waals surface area contributed by atoms with Crippen LogP contribution in [0.3, 0.4) is 0 Å². The Morgan fingerprint density at radius 2 is 1.78 bits per heavy atom. The topological polar surface area (TPSA) is 64.4 Å². The number of rotatable bonds is 4. The summed E-state index contributed by atoms with van der Waals surface area (Å²) >= 11 is 8.14. The standard InChI is InChI=1S/C30H27ClN2O2S/c1-18-11-14-21(17-23(18)31)33-24-9-6-10-25(34)27(24)26(19-12-15-22(36-2)16-13-19)28(30(33)32)29(35)20-7-4-3-5-8-20/h3-5,7-8,11-17,26,32,35H,6,9-10H2,1-2H3/b29-28+,32-30?. The fourth-order valence-electron chi connectivity index (χ4n) is 5.08. The molecule has 0 saturated carbocycles. The van der Waals surface area contributed by atoms with Crippen molar-refractivity contribution in [1.29, 1.82) is 5.41 Å². The summed E-state index contributed by atoms with van der Waals surface area (Å²) in [6, 6.07) is 23.0. The van der Waals surface area contributed by atoms with Gasteiger partial charge in [0.15, 0.2) is 5.78 Å². The molecule has 3 aromatic rings. The van der Waals surface area contributed by atoms with Crippen LogP contribution in [0.1, 0.15) is 41.9 Å². The van der Waals surface area contributed by atoms with Crippen molar-refractivity contribution in [2.75, 3.05) is 11.2 Å². The van der Waals surface area contributed by atoms with Crippen molar-refractivity contribution in [1.82, 2.24) is 0 Å². The third-order valence-electron chi connectivity index (χ3n) is 6.92. The molecular weight excluding hydrogens is 488 g/mol. The van der Waals surface area contributed by atoms with Gasteiger partial charge in [0, 0.05) is 50.4 Å². The molecule has 2 N–H and O–H groups in total. The molecule has 3 aromatic carbocycles. The van der Waals surface area contributed by atoms with E-state index in [-0.39, 0.29) is 17.4 Å². The average molecular weight is 515 g/mol. The van der Waals surface area contributed by atoms with Gasteiger partial charge < -0.3 is 5.11 Å². The molecule has 0 spiro atoms. The van der Waals surface area contributed by atoms with Gasteiger partial charge in [-0.25, -0.2) is 0 Å². The molecule has 0 amide bonds. The Labute approximate surface area is 220 Å². The zero-order chi connectivity index (χ0) is 25.4. The predicted molar refractivity (Wildman–Crippen MR) is 149 cm³/mol. The number of nitrogens with one attached hydrogen (secondary N) is 1. The molecule has 6 heteroatoms. The Hall–Kier alpha value is -3.28. The van der Waals surface area contributed by atoms with E-state index in [9.17, 15) is 15.3 Å². The first-order valence-corrected chi connectivity index (χ1v) is 13.5. The summed E-state index contributed by atoms with van der Waals surface area (Å²) in [6.45, 7) is 1.93. The second-order valence-corrected chi connectivity index (χ2v) is 10.4. The van der Waals surface area contributed by atoms with Crippen LogP contribution in [0.5, 0.6) is 0 Å². The number of anilines is 1. The molecule has 0 fully saturated rings. The van der Waals surface area contributed by atoms with Gasteiger partial charge in [0.05, 0.1) is 0 Å². The van der Waals surface area contributed by atoms with Gasteiger partial charge in [-0.3, -0.25) is 15.1 Å². The van der Waals surface area contributed by atoms with Crippen LogP contribution in [0.25, 0.3) is 5.76 Å². The maximum absolute atomic E-state index is 13.6. The molecule has 1 aliphatic carbocycles. The Bertz CT molecular complexity index is 1410. The molecule has 5 rings (SSSR count). The molecule has 0 aromatic heterocycles. The summed E-state index contributed by atoms with van der Waals surface area (Å²) in [6.07, 6.45) is 3.87. The highest BCUT2D eigenvalue weighted by Crippen LogP contribution is 2.48. The maximum Gasteiger partial charge on any atom is 0.161 e. The first kappa shape index (κ1) is 24.4. The van der Waals surface area contributed by atoms with Gasteiger partial charge in [-0.1, -0.05) is 60.1 Å². The molecule has 1 atom stereocenters. The highest BCUT2D eigenvalue weighted by Gasteiger charge is 2.43. The third-order valence-corrected chi connectivity index (χ3v) is 8.07. The minimum Gasteiger partial charge on any atom is -0.507 e. The fourth-order valence-corrected chi connectivity index (χ4v) is 5.66. The number of hydrogen-bond donors (Lipinski definition) is 2. The normalized spacial score (nSPS) is 19.4. The lowest BCUT2D eigenvalue weighted by atomic mass is 9.73. The van der Waals surface area contributed by atoms with Crippen molar-refractivity contribution in [3.05, 3.63) is 111 Å². The first-order valence-electron chi connectivity index (χ1n) is 11.9. The molecule has 1 aliphatic heterocycles. The van der Waals surface area contributed by atoms with E-state index in [1.807, 2.05) is 86.0 Å². The number of allylic oxidation sites excluding steroid dienone is 2. The van der Waals surface area contributed by atoms with Gasteiger partial charge in [0.25, 0.3) is 0 Å². The maximum atomic E-state index is 13.6. The molecule has 36 heavy (non-hydrogen) atoms. The smallest absolute Gasteiger partial charge is 0.161 e. The Morgan fingerprint density at radius 1 is 1.06 bits per heavy atom. The second kappa shape index (κ2) is 10.00. The summed E-state index contributed by atoms with van der Waals surface area (Å²) < 4.78 is 0. The van der Waals surface area contributed by atoms with E-state index in [1.54, 1.807) is 16.7 Å². The van der Waals surface area contributed by atoms with E-state index in [0.29, 0.717) is 40.3 Å². The quantitative estimate of drug-likeness (QED) is 0.274. The monoisotopic (exact) mass is 514 g/mol. The second-order valence-electron chi connectivity index (χ2n) is 9.09. The van der Waals surface area contributed by atoms with Crippen molar-refractivity contribution in [2.24, 2.45) is 0 Å². The summed E-state index contributed by atoms with van der Waals surface area (Å²) in [5.41, 5.74) is 5.04. The van der Waals surface area contributed by atoms with E-state index in [0.717, 1.165) is 28.1 Å². The van der Waals surface area contributed by atoms with Crippen LogP contribution in [-0.4, -0.2) is 23.0 Å². The largest absolute Gasteiger partial charge is 0.507 e. The minimum atomic E-state index is -0.534. The number of thioether (sulfide) groups is 1. The number of benzene rings is 3. The van der Waals surface area contributed by atoms with E-state index in [2.05, 4.69) is 0 Å². The van der Waals surface area contributed by atoms with Crippen molar-refractivity contribution < 1.29 is 9.90 Å². The van der Waals surface area contributed by atoms with Gasteiger partial charge in [-0.05, 0) is 61.4 Å². The van der Waals surface area contributed by atoms with Gasteiger partial charge in [-0.2, -0.15) is 0 Å². The fraction of sp³-hybridized carbons (Fsp3) is 0.200. The van der Waals surface area contributed by atoms with Crippen LogP contribution in [0.2, 0.25) is 5.02 Å². The minimum absolute atomic E-state index is 0.00711. The number of aliphatic hydroxyl groups excluding tert-OH is 1. The molecule has 4 nitrogen and oxygen atoms in total. The first-order chi connectivity index (χ1) is 17.4. The van der Waals surface area contributed by atoms with E-state index >= 15 is 0 Å². The molecule has 1 unspecified atom stereocenters. The zero-order valence-electron chi connectivity index (χ0n) is 20.2. The van der Waals surface area contributed by atoms with Crippen molar-refractivity contribution in [3.63, 3.8) is 0 Å². The summed E-state index contributed by atoms with van der Waals surface area (Å²) in [4.78, 5) is 16.5. The van der Waals surface area contributed by atoms with Crippen LogP contribution in [0.4, 0.5) is 5.69 Å². The lowest BCUT2D eigenvalue weighted by Crippen LogP contribution is -2.42. The molecule has 1 heterocycles. The number of carbonyl (C=O) groups excluding carboxylic acids is 1. The lowest BCUT2D eigenvalue weighted by molar-refractivity contribution is -0.116. The Balaban J connectivity index is 1.81. The van der Waals surface area contributed by atoms with E-state index in [4.69, 9.17) is 11.6 Å². The van der Waals surface area contributed by atoms with Crippen molar-refractivity contribution >= 4 is 46.4 Å². The highest BCUT2D eigenvalue weighted by atomic mass is 35.5. The van der Waals surface area contributed by atoms with Gasteiger partial charge in [-0.15, -0.1) is 11.8 Å². The number of nitrogens with zero attached hydrogens (tertiary/aromatic N) is 1. The Morgan fingerprint density at radius 3 is 2.44 bits per heavy atom. The summed E-state index contributed by atoms with van der Waals surface area (Å²) in [5.74, 6) is -0.311. The molecular formula is C30H27ClN2O2S. The summed E-state index contributed by atoms with van der Waals surface area (Å²) in [7, 11) is 0. The number of amidine groups is 1. The Kier molecular flexibility index (Phi) is 6.78. The molecule has 0 saturated heterocycles. The highest BCUT2D eigenvalue weighted by molar-refractivity contribution is 7.98. The number of hydrogen-bond acceptors (Lipinski definition) is 4. The van der Waals surface area contributed by atoms with Gasteiger partial charge in [0.2, 0.25) is 0 Å². The van der Waals surface area contributed by atoms with Gasteiger partial charge in [0.1, 0.15) is 11.6 Å². The number of Topliss-reactive ketones (excluding diaryl/α,β-unsaturated/α-hetero) is 1. The molecule has 182 valence electrons. The average Bonchev–Trinajstić information content (AvgIpc) is 2.90. The summed E-state index contributed by atoms with van der Waals surface area (Å²) in [5, 5.41) is 21.6. The number of aliphatic hydroxyl groups is 1. The third kappa shape index (κ3) is 4.27. The SMILES string of the molecule is CSc1ccc(C2C3=C(CCCC3=O)N(c3ccc(C)c(Cl)c3)C(=N)/C2=C(/O)c2ccccc2)cc1. The van der Waals surface area contributed by atoms with E-state index in [1.165, 1.54) is 0 Å². The van der Waals surface area contributed by atoms with Crippen LogP contribution in [0.15, 0.2) is 94.5 Å². The van der Waals surface area contributed by atoms with Gasteiger partial charge >= 0.3 is 0 Å². The molecule has 2 aliphatic rings. The van der Waals surface area contributed by atoms with Crippen LogP contribution < -0.4 is 4.90 Å². The number of ketones is 1. The van der Waals surface area contributed by atoms with Crippen LogP contribution >= 0.6 is 23.4 Å². The van der Waals surface area contributed by atoms with E-state index < -0.39 is 5.92 Å².